The van der Waals surface area contributed by atoms with Gasteiger partial charge in [0.15, 0.2) is 23.1 Å². The second-order valence-corrected chi connectivity index (χ2v) is 6.05. The smallest absolute Gasteiger partial charge is 0.183 e. The molecule has 0 aliphatic carbocycles. The molecular weight excluding hydrogens is 322 g/mol. The topological polar surface area (TPSA) is 85.4 Å². The van der Waals surface area contributed by atoms with Crippen molar-refractivity contribution in [3.8, 4) is 11.5 Å². The molecule has 0 radical (unpaired) electrons. The molecular formula is C17H25N5O3. The standard InChI is InChI=1S/C17H25N5O3/c1-23-11-15-19-17(21-20-15)13-6-4-5-9-22(13)10-12-16(25-3)14(24-2)7-8-18-12/h7-8,13H,4-6,9-11H2,1-3H3,(H,19,20,21)/t13-/m1/s1. The molecule has 0 spiro atoms. The van der Waals surface area contributed by atoms with Crippen LogP contribution in [0.25, 0.3) is 0 Å². The summed E-state index contributed by atoms with van der Waals surface area (Å²) in [6, 6.07) is 1.97. The lowest BCUT2D eigenvalue weighted by Gasteiger charge is -2.33. The maximum atomic E-state index is 5.52. The number of hydrogen-bond donors (Lipinski definition) is 1. The van der Waals surface area contributed by atoms with Crippen molar-refractivity contribution in [2.75, 3.05) is 27.9 Å². The summed E-state index contributed by atoms with van der Waals surface area (Å²) in [6.07, 6.45) is 5.09. The quantitative estimate of drug-likeness (QED) is 0.821. The van der Waals surface area contributed by atoms with E-state index in [1.54, 1.807) is 27.5 Å². The second kappa shape index (κ2) is 8.26. The lowest BCUT2D eigenvalue weighted by Crippen LogP contribution is -2.34. The molecule has 2 aromatic rings. The van der Waals surface area contributed by atoms with Gasteiger partial charge in [-0.2, -0.15) is 5.10 Å². The van der Waals surface area contributed by atoms with Gasteiger partial charge in [0.2, 0.25) is 0 Å². The van der Waals surface area contributed by atoms with Crippen molar-refractivity contribution in [2.24, 2.45) is 0 Å². The lowest BCUT2D eigenvalue weighted by molar-refractivity contribution is 0.130. The lowest BCUT2D eigenvalue weighted by atomic mass is 10.0. The van der Waals surface area contributed by atoms with Gasteiger partial charge in [-0.25, -0.2) is 4.98 Å². The number of piperidine rings is 1. The van der Waals surface area contributed by atoms with Crippen molar-refractivity contribution in [1.82, 2.24) is 25.1 Å². The molecule has 1 N–H and O–H groups in total. The number of methoxy groups -OCH3 is 3. The largest absolute Gasteiger partial charge is 0.493 e. The first kappa shape index (κ1) is 17.6. The molecule has 2 aromatic heterocycles. The number of hydrogen-bond acceptors (Lipinski definition) is 7. The van der Waals surface area contributed by atoms with E-state index < -0.39 is 0 Å². The van der Waals surface area contributed by atoms with E-state index in [0.717, 1.165) is 43.1 Å². The molecule has 0 bridgehead atoms. The van der Waals surface area contributed by atoms with E-state index in [9.17, 15) is 0 Å². The van der Waals surface area contributed by atoms with Crippen LogP contribution in [0.1, 0.15) is 42.6 Å². The number of pyridine rings is 1. The van der Waals surface area contributed by atoms with Crippen LogP contribution < -0.4 is 9.47 Å². The molecule has 8 heteroatoms. The third-order valence-corrected chi connectivity index (χ3v) is 4.46. The van der Waals surface area contributed by atoms with E-state index in [4.69, 9.17) is 14.2 Å². The van der Waals surface area contributed by atoms with Crippen LogP contribution >= 0.6 is 0 Å². The summed E-state index contributed by atoms with van der Waals surface area (Å²) in [6.45, 7) is 2.07. The number of nitrogens with one attached hydrogen (secondary N) is 1. The van der Waals surface area contributed by atoms with Gasteiger partial charge in [0.1, 0.15) is 12.3 Å². The van der Waals surface area contributed by atoms with E-state index >= 15 is 0 Å². The van der Waals surface area contributed by atoms with Gasteiger partial charge in [-0.15, -0.1) is 0 Å². The number of rotatable bonds is 7. The molecule has 1 saturated heterocycles. The predicted molar refractivity (Wildman–Crippen MR) is 91.4 cm³/mol. The fourth-order valence-electron chi connectivity index (χ4n) is 3.29. The normalized spacial score (nSPS) is 18.3. The number of aromatic nitrogens is 4. The van der Waals surface area contributed by atoms with Gasteiger partial charge in [-0.3, -0.25) is 15.0 Å². The minimum atomic E-state index is 0.160. The maximum absolute atomic E-state index is 5.52. The van der Waals surface area contributed by atoms with Crippen molar-refractivity contribution in [3.63, 3.8) is 0 Å². The zero-order valence-electron chi connectivity index (χ0n) is 15.0. The van der Waals surface area contributed by atoms with Crippen molar-refractivity contribution in [3.05, 3.63) is 29.6 Å². The highest BCUT2D eigenvalue weighted by Crippen LogP contribution is 2.34. The Kier molecular flexibility index (Phi) is 5.83. The van der Waals surface area contributed by atoms with Gasteiger partial charge in [0, 0.05) is 25.9 Å². The Balaban J connectivity index is 1.82. The van der Waals surface area contributed by atoms with Crippen molar-refractivity contribution in [2.45, 2.75) is 38.5 Å². The van der Waals surface area contributed by atoms with E-state index in [1.807, 2.05) is 6.07 Å². The van der Waals surface area contributed by atoms with Crippen molar-refractivity contribution >= 4 is 0 Å². The number of ether oxygens (including phenoxy) is 3. The van der Waals surface area contributed by atoms with Gasteiger partial charge >= 0.3 is 0 Å². The van der Waals surface area contributed by atoms with Crippen molar-refractivity contribution in [1.29, 1.82) is 0 Å². The Morgan fingerprint density at radius 1 is 1.24 bits per heavy atom. The highest BCUT2D eigenvalue weighted by Gasteiger charge is 2.29. The van der Waals surface area contributed by atoms with Crippen LogP contribution in [-0.2, 0) is 17.9 Å². The van der Waals surface area contributed by atoms with E-state index in [1.165, 1.54) is 0 Å². The van der Waals surface area contributed by atoms with Crippen LogP contribution in [0.5, 0.6) is 11.5 Å². The summed E-state index contributed by atoms with van der Waals surface area (Å²) < 4.78 is 16.0. The first-order valence-corrected chi connectivity index (χ1v) is 8.46. The highest BCUT2D eigenvalue weighted by molar-refractivity contribution is 5.42. The summed E-state index contributed by atoms with van der Waals surface area (Å²) in [4.78, 5) is 11.4. The number of aromatic amines is 1. The molecule has 1 fully saturated rings. The SMILES string of the molecule is COCc1nc([C@H]2CCCCN2Cc2nccc(OC)c2OC)n[nH]1. The third kappa shape index (κ3) is 3.91. The first-order chi connectivity index (χ1) is 12.3. The van der Waals surface area contributed by atoms with Crippen LogP contribution in [0.4, 0.5) is 0 Å². The van der Waals surface area contributed by atoms with Crippen LogP contribution in [0.15, 0.2) is 12.3 Å². The van der Waals surface area contributed by atoms with Crippen LogP contribution in [0.3, 0.4) is 0 Å². The minimum absolute atomic E-state index is 0.160. The van der Waals surface area contributed by atoms with Gasteiger partial charge in [-0.05, 0) is 19.4 Å². The summed E-state index contributed by atoms with van der Waals surface area (Å²) in [5, 5.41) is 7.35. The Labute approximate surface area is 147 Å². The minimum Gasteiger partial charge on any atom is -0.493 e. The molecule has 25 heavy (non-hydrogen) atoms. The Morgan fingerprint density at radius 3 is 2.88 bits per heavy atom. The van der Waals surface area contributed by atoms with Crippen LogP contribution in [0, 0.1) is 0 Å². The second-order valence-electron chi connectivity index (χ2n) is 6.05. The molecule has 0 aromatic carbocycles. The summed E-state index contributed by atoms with van der Waals surface area (Å²) in [5.74, 6) is 2.94. The van der Waals surface area contributed by atoms with E-state index in [-0.39, 0.29) is 6.04 Å². The molecule has 1 atom stereocenters. The third-order valence-electron chi connectivity index (χ3n) is 4.46. The summed E-state index contributed by atoms with van der Waals surface area (Å²) >= 11 is 0. The molecule has 0 unspecified atom stereocenters. The summed E-state index contributed by atoms with van der Waals surface area (Å²) in [5.41, 5.74) is 0.862. The summed E-state index contributed by atoms with van der Waals surface area (Å²) in [7, 11) is 4.93. The molecule has 0 amide bonds. The number of likely N-dealkylation sites (tertiary alicyclic amines) is 1. The average molecular weight is 347 g/mol. The number of nitrogens with zero attached hydrogens (tertiary/aromatic N) is 4. The van der Waals surface area contributed by atoms with Crippen molar-refractivity contribution < 1.29 is 14.2 Å². The Bertz CT molecular complexity index is 691. The fraction of sp³-hybridized carbons (Fsp3) is 0.588. The van der Waals surface area contributed by atoms with Gasteiger partial charge < -0.3 is 14.2 Å². The molecule has 3 heterocycles. The van der Waals surface area contributed by atoms with Gasteiger partial charge in [-0.1, -0.05) is 6.42 Å². The molecule has 0 saturated carbocycles. The van der Waals surface area contributed by atoms with Gasteiger partial charge in [0.05, 0.1) is 20.3 Å². The van der Waals surface area contributed by atoms with E-state index in [2.05, 4.69) is 25.1 Å². The molecule has 8 nitrogen and oxygen atoms in total. The Hall–Kier alpha value is -2.19. The average Bonchev–Trinajstić information content (AvgIpc) is 3.10. The highest BCUT2D eigenvalue weighted by atomic mass is 16.5. The number of H-pyrrole nitrogens is 1. The first-order valence-electron chi connectivity index (χ1n) is 8.46. The monoisotopic (exact) mass is 347 g/mol. The Morgan fingerprint density at radius 2 is 2.12 bits per heavy atom. The van der Waals surface area contributed by atoms with Crippen LogP contribution in [0.2, 0.25) is 0 Å². The van der Waals surface area contributed by atoms with E-state index in [0.29, 0.717) is 24.7 Å². The maximum Gasteiger partial charge on any atom is 0.183 e. The zero-order valence-corrected chi connectivity index (χ0v) is 15.0. The fourth-order valence-corrected chi connectivity index (χ4v) is 3.29. The molecule has 1 aliphatic rings. The zero-order chi connectivity index (χ0) is 17.6. The molecule has 136 valence electrons. The van der Waals surface area contributed by atoms with Gasteiger partial charge in [0.25, 0.3) is 0 Å². The predicted octanol–water partition coefficient (Wildman–Crippen LogP) is 2.09. The van der Waals surface area contributed by atoms with Crippen LogP contribution in [-0.4, -0.2) is 52.9 Å². The molecule has 1 aliphatic heterocycles. The molecule has 3 rings (SSSR count).